The van der Waals surface area contributed by atoms with E-state index in [1.165, 1.54) is 31.9 Å². The van der Waals surface area contributed by atoms with Crippen molar-refractivity contribution in [1.82, 2.24) is 4.90 Å². The maximum atomic E-state index is 13.5. The number of hydrogen-bond acceptors (Lipinski definition) is 2. The number of benzene rings is 1. The molecule has 1 amide bonds. The van der Waals surface area contributed by atoms with Crippen LogP contribution in [-0.4, -0.2) is 28.9 Å². The van der Waals surface area contributed by atoms with Gasteiger partial charge in [0.1, 0.15) is 11.6 Å². The molecule has 0 radical (unpaired) electrons. The number of nitrogens with zero attached hydrogens (tertiary/aromatic N) is 1. The van der Waals surface area contributed by atoms with Crippen LogP contribution < -0.4 is 0 Å². The van der Waals surface area contributed by atoms with Gasteiger partial charge in [-0.05, 0) is 19.9 Å². The molecule has 0 aromatic heterocycles. The molecule has 0 saturated heterocycles. The predicted molar refractivity (Wildman–Crippen MR) is 68.8 cm³/mol. The first-order chi connectivity index (χ1) is 9.23. The maximum Gasteiger partial charge on any atom is 0.331 e. The molecule has 0 saturated carbocycles. The van der Waals surface area contributed by atoms with Gasteiger partial charge in [0, 0.05) is 36.4 Å². The van der Waals surface area contributed by atoms with Crippen molar-refractivity contribution in [3.05, 3.63) is 46.5 Å². The van der Waals surface area contributed by atoms with Crippen molar-refractivity contribution in [2.45, 2.75) is 20.4 Å². The molecule has 0 spiro atoms. The van der Waals surface area contributed by atoms with Crippen LogP contribution in [0.3, 0.4) is 0 Å². The van der Waals surface area contributed by atoms with Crippen molar-refractivity contribution < 1.29 is 23.5 Å². The highest BCUT2D eigenvalue weighted by atomic mass is 19.1. The molecule has 0 atom stereocenters. The van der Waals surface area contributed by atoms with Crippen molar-refractivity contribution >= 4 is 11.9 Å². The number of carboxylic acids is 1. The van der Waals surface area contributed by atoms with Gasteiger partial charge in [-0.3, -0.25) is 4.79 Å². The summed E-state index contributed by atoms with van der Waals surface area (Å²) in [6.45, 7) is 2.64. The van der Waals surface area contributed by atoms with Crippen LogP contribution in [0.15, 0.2) is 29.3 Å². The second kappa shape index (κ2) is 6.27. The minimum absolute atomic E-state index is 0.0681. The molecule has 108 valence electrons. The standard InChI is InChI=1S/C14H15F2NO3/c1-8(9(2)14(19)20)13(18)17(3)7-10-4-5-11(15)6-12(10)16/h4-6H,7H2,1-3H3,(H,19,20). The van der Waals surface area contributed by atoms with Crippen LogP contribution in [0.5, 0.6) is 0 Å². The molecule has 6 heteroatoms. The molecule has 1 aromatic carbocycles. The van der Waals surface area contributed by atoms with E-state index in [2.05, 4.69) is 0 Å². The highest BCUT2D eigenvalue weighted by Gasteiger charge is 2.17. The number of rotatable bonds is 4. The van der Waals surface area contributed by atoms with Crippen LogP contribution >= 0.6 is 0 Å². The number of likely N-dealkylation sites (N-methyl/N-ethyl adjacent to an activating group) is 1. The predicted octanol–water partition coefficient (Wildman–Crippen LogP) is 2.34. The zero-order valence-corrected chi connectivity index (χ0v) is 11.4. The zero-order chi connectivity index (χ0) is 15.4. The molecule has 0 fully saturated rings. The summed E-state index contributed by atoms with van der Waals surface area (Å²) < 4.78 is 26.3. The Bertz CT molecular complexity index is 582. The topological polar surface area (TPSA) is 57.6 Å². The lowest BCUT2D eigenvalue weighted by Crippen LogP contribution is -2.28. The molecule has 0 heterocycles. The maximum absolute atomic E-state index is 13.5. The van der Waals surface area contributed by atoms with E-state index >= 15 is 0 Å². The van der Waals surface area contributed by atoms with Gasteiger partial charge >= 0.3 is 5.97 Å². The summed E-state index contributed by atoms with van der Waals surface area (Å²) in [5.41, 5.74) is 0.159. The van der Waals surface area contributed by atoms with E-state index < -0.39 is 23.5 Å². The Morgan fingerprint density at radius 3 is 2.30 bits per heavy atom. The van der Waals surface area contributed by atoms with E-state index in [9.17, 15) is 18.4 Å². The fourth-order valence-corrected chi connectivity index (χ4v) is 1.58. The zero-order valence-electron chi connectivity index (χ0n) is 11.4. The molecular formula is C14H15F2NO3. The Morgan fingerprint density at radius 1 is 1.20 bits per heavy atom. The number of halogens is 2. The summed E-state index contributed by atoms with van der Waals surface area (Å²) in [5.74, 6) is -3.15. The summed E-state index contributed by atoms with van der Waals surface area (Å²) in [7, 11) is 1.42. The monoisotopic (exact) mass is 283 g/mol. The largest absolute Gasteiger partial charge is 0.478 e. The average molecular weight is 283 g/mol. The molecule has 0 aliphatic rings. The molecule has 0 unspecified atom stereocenters. The fourth-order valence-electron chi connectivity index (χ4n) is 1.58. The smallest absolute Gasteiger partial charge is 0.331 e. The number of amides is 1. The molecule has 20 heavy (non-hydrogen) atoms. The highest BCUT2D eigenvalue weighted by molar-refractivity contribution is 6.01. The third-order valence-electron chi connectivity index (χ3n) is 2.97. The molecule has 1 aromatic rings. The Morgan fingerprint density at radius 2 is 1.80 bits per heavy atom. The summed E-state index contributed by atoms with van der Waals surface area (Å²) >= 11 is 0. The van der Waals surface area contributed by atoms with Gasteiger partial charge in [0.05, 0.1) is 0 Å². The van der Waals surface area contributed by atoms with Gasteiger partial charge in [0.2, 0.25) is 5.91 Å². The van der Waals surface area contributed by atoms with Gasteiger partial charge in [0.15, 0.2) is 0 Å². The lowest BCUT2D eigenvalue weighted by molar-refractivity contribution is -0.133. The molecule has 0 bridgehead atoms. The number of aliphatic carboxylic acids is 1. The first-order valence-corrected chi connectivity index (χ1v) is 5.84. The third-order valence-corrected chi connectivity index (χ3v) is 2.97. The van der Waals surface area contributed by atoms with E-state index in [0.717, 1.165) is 12.1 Å². The van der Waals surface area contributed by atoms with Crippen molar-refractivity contribution in [3.63, 3.8) is 0 Å². The van der Waals surface area contributed by atoms with E-state index in [-0.39, 0.29) is 23.3 Å². The molecule has 0 aliphatic heterocycles. The Labute approximate surface area is 115 Å². The molecule has 4 nitrogen and oxygen atoms in total. The van der Waals surface area contributed by atoms with Gasteiger partial charge in [-0.1, -0.05) is 6.07 Å². The van der Waals surface area contributed by atoms with Crippen molar-refractivity contribution in [2.75, 3.05) is 7.05 Å². The number of carbonyl (C=O) groups excluding carboxylic acids is 1. The van der Waals surface area contributed by atoms with Crippen molar-refractivity contribution in [3.8, 4) is 0 Å². The van der Waals surface area contributed by atoms with Gasteiger partial charge in [-0.15, -0.1) is 0 Å². The number of carbonyl (C=O) groups is 2. The van der Waals surface area contributed by atoms with E-state index in [1.807, 2.05) is 0 Å². The van der Waals surface area contributed by atoms with Crippen LogP contribution in [0, 0.1) is 11.6 Å². The second-order valence-electron chi connectivity index (χ2n) is 4.45. The SMILES string of the molecule is CC(C(=O)O)=C(C)C(=O)N(C)Cc1ccc(F)cc1F. The van der Waals surface area contributed by atoms with Crippen molar-refractivity contribution in [2.24, 2.45) is 0 Å². The van der Waals surface area contributed by atoms with Gasteiger partial charge in [-0.25, -0.2) is 13.6 Å². The van der Waals surface area contributed by atoms with Crippen LogP contribution in [0.4, 0.5) is 8.78 Å². The quantitative estimate of drug-likeness (QED) is 0.863. The second-order valence-corrected chi connectivity index (χ2v) is 4.45. The van der Waals surface area contributed by atoms with Gasteiger partial charge in [-0.2, -0.15) is 0 Å². The van der Waals surface area contributed by atoms with Crippen molar-refractivity contribution in [1.29, 1.82) is 0 Å². The molecule has 1 N–H and O–H groups in total. The average Bonchev–Trinajstić information content (AvgIpc) is 2.39. The highest BCUT2D eigenvalue weighted by Crippen LogP contribution is 2.14. The van der Waals surface area contributed by atoms with Crippen LogP contribution in [0.2, 0.25) is 0 Å². The van der Waals surface area contributed by atoms with E-state index in [1.54, 1.807) is 0 Å². The molecular weight excluding hydrogens is 268 g/mol. The van der Waals surface area contributed by atoms with Crippen LogP contribution in [-0.2, 0) is 16.1 Å². The molecule has 1 rings (SSSR count). The van der Waals surface area contributed by atoms with E-state index in [4.69, 9.17) is 5.11 Å². The summed E-state index contributed by atoms with van der Waals surface area (Å²) in [5, 5.41) is 8.82. The molecule has 0 aliphatic carbocycles. The summed E-state index contributed by atoms with van der Waals surface area (Å²) in [6, 6.07) is 3.08. The normalized spacial score (nSPS) is 11.8. The van der Waals surface area contributed by atoms with E-state index in [0.29, 0.717) is 0 Å². The number of carboxylic acid groups (broad SMARTS) is 1. The minimum atomic E-state index is -1.18. The lowest BCUT2D eigenvalue weighted by Gasteiger charge is -2.18. The van der Waals surface area contributed by atoms with Crippen LogP contribution in [0.25, 0.3) is 0 Å². The van der Waals surface area contributed by atoms with Gasteiger partial charge in [0.25, 0.3) is 0 Å². The summed E-state index contributed by atoms with van der Waals surface area (Å²) in [6.07, 6.45) is 0. The Hall–Kier alpha value is -2.24. The summed E-state index contributed by atoms with van der Waals surface area (Å²) in [4.78, 5) is 23.9. The lowest BCUT2D eigenvalue weighted by atomic mass is 10.1. The van der Waals surface area contributed by atoms with Crippen LogP contribution in [0.1, 0.15) is 19.4 Å². The van der Waals surface area contributed by atoms with Gasteiger partial charge < -0.3 is 10.0 Å². The Kier molecular flexibility index (Phi) is 4.96. The first-order valence-electron chi connectivity index (χ1n) is 5.84. The Balaban J connectivity index is 2.91. The fraction of sp³-hybridized carbons (Fsp3) is 0.286. The minimum Gasteiger partial charge on any atom is -0.478 e. The number of hydrogen-bond donors (Lipinski definition) is 1. The third kappa shape index (κ3) is 3.63. The first kappa shape index (κ1) is 15.8.